The number of carbonyl (C=O) groups is 1. The van der Waals surface area contributed by atoms with Crippen LogP contribution in [0.4, 0.5) is 10.1 Å². The van der Waals surface area contributed by atoms with Gasteiger partial charge in [-0.05, 0) is 42.0 Å². The number of fused-ring (bicyclic) bond motifs is 3. The van der Waals surface area contributed by atoms with Crippen molar-refractivity contribution in [3.8, 4) is 11.5 Å². The van der Waals surface area contributed by atoms with Gasteiger partial charge in [0.05, 0.1) is 24.0 Å². The summed E-state index contributed by atoms with van der Waals surface area (Å²) in [5, 5.41) is 3.41. The molecule has 160 valence electrons. The molecule has 0 bridgehead atoms. The lowest BCUT2D eigenvalue weighted by atomic mass is 9.88. The van der Waals surface area contributed by atoms with E-state index in [-0.39, 0.29) is 5.56 Å². The minimum atomic E-state index is -1.06. The molecule has 1 N–H and O–H groups in total. The first-order valence-corrected chi connectivity index (χ1v) is 9.98. The van der Waals surface area contributed by atoms with Gasteiger partial charge in [0.25, 0.3) is 5.91 Å². The first kappa shape index (κ1) is 19.8. The van der Waals surface area contributed by atoms with Gasteiger partial charge in [-0.25, -0.2) is 9.18 Å². The fraction of sp³-hybridized carbons (Fsp3) is 0.120. The van der Waals surface area contributed by atoms with Gasteiger partial charge < -0.3 is 19.2 Å². The fourth-order valence-corrected chi connectivity index (χ4v) is 4.01. The molecule has 0 aliphatic carbocycles. The van der Waals surface area contributed by atoms with E-state index in [1.165, 1.54) is 19.2 Å². The second-order valence-electron chi connectivity index (χ2n) is 7.42. The average Bonchev–Trinajstić information content (AvgIpc) is 3.22. The molecule has 1 aromatic heterocycles. The van der Waals surface area contributed by atoms with E-state index in [1.807, 2.05) is 0 Å². The number of hydrogen-bond acceptors (Lipinski definition) is 5. The molecule has 2 heterocycles. The number of methoxy groups -OCH3 is 1. The Balaban J connectivity index is 1.61. The normalized spacial score (nSPS) is 16.9. The highest BCUT2D eigenvalue weighted by molar-refractivity contribution is 5.97. The third-order valence-corrected chi connectivity index (χ3v) is 5.48. The number of carbonyl (C=O) groups excluding carboxylic acids is 1. The minimum absolute atomic E-state index is 0.237. The lowest BCUT2D eigenvalue weighted by molar-refractivity contribution is -0.122. The minimum Gasteiger partial charge on any atom is -0.497 e. The Morgan fingerprint density at radius 3 is 2.59 bits per heavy atom. The number of para-hydroxylation sites is 1. The number of amides is 1. The molecule has 1 aliphatic rings. The summed E-state index contributed by atoms with van der Waals surface area (Å²) in [6.45, 7) is 0. The number of nitrogens with one attached hydrogen (secondary N) is 1. The Hall–Kier alpha value is -4.13. The summed E-state index contributed by atoms with van der Waals surface area (Å²) in [6, 6.07) is 19.5. The first-order valence-electron chi connectivity index (χ1n) is 9.98. The van der Waals surface area contributed by atoms with E-state index in [0.717, 1.165) is 0 Å². The van der Waals surface area contributed by atoms with Crippen molar-refractivity contribution in [3.05, 3.63) is 100 Å². The summed E-state index contributed by atoms with van der Waals surface area (Å²) in [7, 11) is 1.53. The number of ether oxygens (including phenoxy) is 2. The highest BCUT2D eigenvalue weighted by Crippen LogP contribution is 2.44. The van der Waals surface area contributed by atoms with E-state index in [2.05, 4.69) is 5.32 Å². The monoisotopic (exact) mass is 431 g/mol. The lowest BCUT2D eigenvalue weighted by Crippen LogP contribution is -2.35. The average molecular weight is 431 g/mol. The summed E-state index contributed by atoms with van der Waals surface area (Å²) in [5.74, 6) is -0.753. The predicted molar refractivity (Wildman–Crippen MR) is 117 cm³/mol. The van der Waals surface area contributed by atoms with Crippen LogP contribution in [0, 0.1) is 5.82 Å². The van der Waals surface area contributed by atoms with Gasteiger partial charge in [-0.1, -0.05) is 30.3 Å². The Kier molecular flexibility index (Phi) is 4.86. The molecule has 5 rings (SSSR count). The van der Waals surface area contributed by atoms with Crippen LogP contribution in [0.15, 0.2) is 82.0 Å². The number of halogens is 1. The van der Waals surface area contributed by atoms with Crippen LogP contribution in [-0.2, 0) is 4.79 Å². The van der Waals surface area contributed by atoms with Crippen LogP contribution >= 0.6 is 0 Å². The van der Waals surface area contributed by atoms with Gasteiger partial charge in [0.2, 0.25) is 0 Å². The van der Waals surface area contributed by atoms with Gasteiger partial charge in [0, 0.05) is 11.8 Å². The lowest BCUT2D eigenvalue weighted by Gasteiger charge is -2.19. The van der Waals surface area contributed by atoms with Crippen molar-refractivity contribution in [1.29, 1.82) is 0 Å². The summed E-state index contributed by atoms with van der Waals surface area (Å²) >= 11 is 0. The van der Waals surface area contributed by atoms with Crippen LogP contribution in [0.3, 0.4) is 0 Å². The van der Waals surface area contributed by atoms with Gasteiger partial charge in [-0.3, -0.25) is 4.79 Å². The fourth-order valence-electron chi connectivity index (χ4n) is 4.01. The summed E-state index contributed by atoms with van der Waals surface area (Å²) in [5.41, 5.74) is 1.09. The maximum Gasteiger partial charge on any atom is 0.344 e. The molecule has 7 heteroatoms. The van der Waals surface area contributed by atoms with E-state index < -0.39 is 29.4 Å². The van der Waals surface area contributed by atoms with Crippen molar-refractivity contribution in [1.82, 2.24) is 0 Å². The molecule has 1 aliphatic heterocycles. The summed E-state index contributed by atoms with van der Waals surface area (Å²) < 4.78 is 30.4. The third-order valence-electron chi connectivity index (χ3n) is 5.48. The van der Waals surface area contributed by atoms with Crippen molar-refractivity contribution in [2.24, 2.45) is 0 Å². The molecule has 6 nitrogen and oxygen atoms in total. The van der Waals surface area contributed by atoms with E-state index in [1.54, 1.807) is 60.7 Å². The van der Waals surface area contributed by atoms with Gasteiger partial charge in [-0.2, -0.15) is 0 Å². The van der Waals surface area contributed by atoms with Gasteiger partial charge >= 0.3 is 5.63 Å². The van der Waals surface area contributed by atoms with Gasteiger partial charge in [-0.15, -0.1) is 0 Å². The second kappa shape index (κ2) is 7.85. The zero-order valence-corrected chi connectivity index (χ0v) is 17.0. The molecular formula is C25H18FNO5. The Morgan fingerprint density at radius 1 is 1.03 bits per heavy atom. The number of anilines is 1. The van der Waals surface area contributed by atoms with Crippen molar-refractivity contribution in [2.45, 2.75) is 12.0 Å². The molecule has 2 atom stereocenters. The van der Waals surface area contributed by atoms with Crippen molar-refractivity contribution >= 4 is 22.6 Å². The maximum atomic E-state index is 13.6. The number of benzene rings is 3. The largest absolute Gasteiger partial charge is 0.497 e. The molecule has 0 radical (unpaired) electrons. The summed E-state index contributed by atoms with van der Waals surface area (Å²) in [6.07, 6.45) is -1.06. The smallest absolute Gasteiger partial charge is 0.344 e. The maximum absolute atomic E-state index is 13.6. The van der Waals surface area contributed by atoms with Crippen molar-refractivity contribution < 1.29 is 23.1 Å². The Morgan fingerprint density at radius 2 is 1.81 bits per heavy atom. The molecule has 1 amide bonds. The van der Waals surface area contributed by atoms with E-state index >= 15 is 0 Å². The van der Waals surface area contributed by atoms with Crippen LogP contribution in [0.5, 0.6) is 11.5 Å². The third kappa shape index (κ3) is 3.37. The quantitative estimate of drug-likeness (QED) is 0.483. The van der Waals surface area contributed by atoms with E-state index in [4.69, 9.17) is 13.9 Å². The van der Waals surface area contributed by atoms with E-state index in [9.17, 15) is 14.0 Å². The van der Waals surface area contributed by atoms with Crippen LogP contribution in [-0.4, -0.2) is 19.1 Å². The predicted octanol–water partition coefficient (Wildman–Crippen LogP) is 4.47. The van der Waals surface area contributed by atoms with Crippen molar-refractivity contribution in [2.75, 3.05) is 12.4 Å². The Bertz CT molecular complexity index is 1380. The molecule has 0 spiro atoms. The number of rotatable bonds is 4. The van der Waals surface area contributed by atoms with E-state index in [0.29, 0.717) is 33.7 Å². The molecule has 0 unspecified atom stereocenters. The number of hydrogen-bond donors (Lipinski definition) is 1. The molecule has 0 saturated carbocycles. The zero-order chi connectivity index (χ0) is 22.2. The molecule has 32 heavy (non-hydrogen) atoms. The SMILES string of the molecule is COc1cccc(NC(=O)[C@H]2Oc3c(c(=O)oc4ccccc34)[C@@H]2c2ccc(F)cc2)c1. The standard InChI is InChI=1S/C25H18FNO5/c1-30-17-6-4-5-16(13-17)27-24(28)23-20(14-9-11-15(26)12-10-14)21-22(32-23)18-7-2-3-8-19(18)31-25(21)29/h2-13,20,23H,1H3,(H,27,28)/t20-,23-/m0/s1. The zero-order valence-electron chi connectivity index (χ0n) is 17.0. The molecule has 3 aromatic carbocycles. The van der Waals surface area contributed by atoms with Crippen LogP contribution < -0.4 is 20.4 Å². The highest BCUT2D eigenvalue weighted by atomic mass is 19.1. The second-order valence-corrected chi connectivity index (χ2v) is 7.42. The first-order chi connectivity index (χ1) is 15.5. The highest BCUT2D eigenvalue weighted by Gasteiger charge is 2.44. The van der Waals surface area contributed by atoms with Crippen molar-refractivity contribution in [3.63, 3.8) is 0 Å². The van der Waals surface area contributed by atoms with Crippen LogP contribution in [0.25, 0.3) is 11.0 Å². The topological polar surface area (TPSA) is 77.8 Å². The van der Waals surface area contributed by atoms with Crippen LogP contribution in [0.1, 0.15) is 17.0 Å². The Labute approximate surface area is 182 Å². The van der Waals surface area contributed by atoms with Gasteiger partial charge in [0.1, 0.15) is 22.9 Å². The molecule has 0 fully saturated rings. The molecular weight excluding hydrogens is 413 g/mol. The molecule has 0 saturated heterocycles. The molecule has 4 aromatic rings. The van der Waals surface area contributed by atoms with Crippen LogP contribution in [0.2, 0.25) is 0 Å². The van der Waals surface area contributed by atoms with Gasteiger partial charge in [0.15, 0.2) is 6.10 Å². The summed E-state index contributed by atoms with van der Waals surface area (Å²) in [4.78, 5) is 26.2.